The summed E-state index contributed by atoms with van der Waals surface area (Å²) in [5, 5.41) is 34.1. The van der Waals surface area contributed by atoms with Gasteiger partial charge in [-0.2, -0.15) is 0 Å². The Morgan fingerprint density at radius 3 is 2.61 bits per heavy atom. The van der Waals surface area contributed by atoms with Gasteiger partial charge in [-0.15, -0.1) is 11.8 Å². The summed E-state index contributed by atoms with van der Waals surface area (Å²) < 4.78 is 45.0. The summed E-state index contributed by atoms with van der Waals surface area (Å²) in [5.41, 5.74) is -1.14. The van der Waals surface area contributed by atoms with E-state index in [2.05, 4.69) is 9.84 Å². The van der Waals surface area contributed by atoms with E-state index >= 15 is 0 Å². The SMILES string of the molecule is [2H]C([2H])([2H])N1C[C@@H](CCC)C[C@@H]1C(=O)N[C@@H]([C@H]1O[C@H](SC)C(OP(=O)(O)O)C(O)[C@H]1O)[C@@H](C)O. The van der Waals surface area contributed by atoms with Crippen molar-refractivity contribution in [1.29, 1.82) is 0 Å². The molecular weight excluding hydrogens is 451 g/mol. The van der Waals surface area contributed by atoms with Gasteiger partial charge in [-0.05, 0) is 38.9 Å². The molecule has 2 saturated heterocycles. The molecule has 0 spiro atoms. The molecule has 0 aromatic rings. The Bertz CT molecular complexity index is 742. The van der Waals surface area contributed by atoms with Gasteiger partial charge in [0.15, 0.2) is 0 Å². The lowest BCUT2D eigenvalue weighted by atomic mass is 9.92. The summed E-state index contributed by atoms with van der Waals surface area (Å²) in [6.45, 7) is 1.02. The minimum Gasteiger partial charge on any atom is -0.391 e. The standard InChI is InChI=1S/C18H35N2O9PS/c1-5-6-10-7-11(20(3)8-10)17(24)19-12(9(2)21)15-13(22)14(23)16(18(28-15)31-4)29-30(25,26)27/h9-16,18,21-23H,5-8H2,1-4H3,(H,19,24)(H2,25,26,27)/t9-,10+,11-,12-,13-,14?,15-,16?,18-/m1/s1/i3D3. The number of hydrogen-bond donors (Lipinski definition) is 6. The maximum atomic E-state index is 13.2. The Labute approximate surface area is 190 Å². The molecule has 0 saturated carbocycles. The molecule has 0 aromatic heterocycles. The number of amides is 1. The molecule has 6 N–H and O–H groups in total. The fourth-order valence-electron chi connectivity index (χ4n) is 4.15. The van der Waals surface area contributed by atoms with Crippen LogP contribution in [0.25, 0.3) is 0 Å². The summed E-state index contributed by atoms with van der Waals surface area (Å²) in [5.74, 6) is -0.656. The molecule has 2 rings (SSSR count). The van der Waals surface area contributed by atoms with E-state index in [0.29, 0.717) is 6.42 Å². The Morgan fingerprint density at radius 2 is 2.10 bits per heavy atom. The van der Waals surface area contributed by atoms with Crippen LogP contribution in [0.2, 0.25) is 0 Å². The number of carbonyl (C=O) groups is 1. The van der Waals surface area contributed by atoms with Gasteiger partial charge in [-0.25, -0.2) is 4.57 Å². The van der Waals surface area contributed by atoms with E-state index < -0.39 is 68.7 Å². The third kappa shape index (κ3) is 6.86. The molecule has 1 amide bonds. The summed E-state index contributed by atoms with van der Waals surface area (Å²) in [6, 6.07) is -2.25. The van der Waals surface area contributed by atoms with E-state index in [0.717, 1.165) is 29.5 Å². The zero-order valence-corrected chi connectivity index (χ0v) is 19.4. The fourth-order valence-corrected chi connectivity index (χ4v) is 5.51. The van der Waals surface area contributed by atoms with Crippen LogP contribution in [0.4, 0.5) is 0 Å². The zero-order chi connectivity index (χ0) is 26.0. The van der Waals surface area contributed by atoms with Crippen LogP contribution in [0, 0.1) is 5.92 Å². The average Bonchev–Trinajstić information content (AvgIpc) is 3.14. The van der Waals surface area contributed by atoms with Crippen LogP contribution in [0.5, 0.6) is 0 Å². The molecule has 2 aliphatic rings. The van der Waals surface area contributed by atoms with Crippen LogP contribution in [0.3, 0.4) is 0 Å². The number of carbonyl (C=O) groups excluding carboxylic acids is 1. The van der Waals surface area contributed by atoms with Gasteiger partial charge >= 0.3 is 7.82 Å². The molecule has 31 heavy (non-hydrogen) atoms. The van der Waals surface area contributed by atoms with E-state index in [4.69, 9.17) is 18.6 Å². The van der Waals surface area contributed by atoms with Crippen LogP contribution in [0.1, 0.15) is 37.2 Å². The van der Waals surface area contributed by atoms with Gasteiger partial charge in [-0.1, -0.05) is 13.3 Å². The highest BCUT2D eigenvalue weighted by molar-refractivity contribution is 7.99. The Hall–Kier alpha value is -0.270. The van der Waals surface area contributed by atoms with Crippen molar-refractivity contribution >= 4 is 25.5 Å². The van der Waals surface area contributed by atoms with Gasteiger partial charge in [0.25, 0.3) is 0 Å². The van der Waals surface area contributed by atoms with E-state index in [9.17, 15) is 24.7 Å². The molecule has 11 nitrogen and oxygen atoms in total. The lowest BCUT2D eigenvalue weighted by Gasteiger charge is -2.45. The smallest absolute Gasteiger partial charge is 0.391 e. The molecule has 2 unspecified atom stereocenters. The van der Waals surface area contributed by atoms with Gasteiger partial charge < -0.3 is 35.2 Å². The first-order chi connectivity index (χ1) is 15.6. The second-order valence-electron chi connectivity index (χ2n) is 8.08. The topological polar surface area (TPSA) is 169 Å². The molecule has 0 bridgehead atoms. The monoisotopic (exact) mass is 489 g/mol. The van der Waals surface area contributed by atoms with Gasteiger partial charge in [-0.3, -0.25) is 14.2 Å². The van der Waals surface area contributed by atoms with E-state index in [1.165, 1.54) is 13.2 Å². The average molecular weight is 490 g/mol. The van der Waals surface area contributed by atoms with Crippen molar-refractivity contribution in [1.82, 2.24) is 10.2 Å². The maximum Gasteiger partial charge on any atom is 0.470 e. The van der Waals surface area contributed by atoms with Crippen LogP contribution in [0.15, 0.2) is 0 Å². The molecule has 182 valence electrons. The highest BCUT2D eigenvalue weighted by Crippen LogP contribution is 2.43. The minimum absolute atomic E-state index is 0.0101. The lowest BCUT2D eigenvalue weighted by Crippen LogP contribution is -2.66. The molecule has 2 fully saturated rings. The molecule has 0 aromatic carbocycles. The largest absolute Gasteiger partial charge is 0.470 e. The predicted molar refractivity (Wildman–Crippen MR) is 114 cm³/mol. The Balaban J connectivity index is 2.23. The lowest BCUT2D eigenvalue weighted by molar-refractivity contribution is -0.207. The van der Waals surface area contributed by atoms with Crippen molar-refractivity contribution in [3.05, 3.63) is 0 Å². The zero-order valence-electron chi connectivity index (χ0n) is 20.7. The molecular formula is C18H35N2O9PS. The van der Waals surface area contributed by atoms with Crippen LogP contribution < -0.4 is 5.32 Å². The van der Waals surface area contributed by atoms with E-state index in [1.807, 2.05) is 6.92 Å². The highest BCUT2D eigenvalue weighted by Gasteiger charge is 2.51. The summed E-state index contributed by atoms with van der Waals surface area (Å²) >= 11 is 0.948. The first-order valence-corrected chi connectivity index (χ1v) is 13.0. The number of phosphoric ester groups is 1. The molecule has 9 atom stereocenters. The number of likely N-dealkylation sites (N-methyl/N-ethyl adjacent to an activating group) is 1. The minimum atomic E-state index is -5.03. The number of ether oxygens (including phenoxy) is 1. The Morgan fingerprint density at radius 1 is 1.42 bits per heavy atom. The van der Waals surface area contributed by atoms with E-state index in [-0.39, 0.29) is 12.5 Å². The number of thioether (sulfide) groups is 1. The number of likely N-dealkylation sites (tertiary alicyclic amines) is 1. The number of nitrogens with zero attached hydrogens (tertiary/aromatic N) is 1. The molecule has 0 aliphatic carbocycles. The second kappa shape index (κ2) is 11.2. The van der Waals surface area contributed by atoms with Crippen molar-refractivity contribution in [2.24, 2.45) is 5.92 Å². The van der Waals surface area contributed by atoms with Crippen molar-refractivity contribution in [2.45, 2.75) is 81.1 Å². The normalized spacial score (nSPS) is 38.7. The van der Waals surface area contributed by atoms with Crippen molar-refractivity contribution in [3.63, 3.8) is 0 Å². The number of hydrogen-bond acceptors (Lipinski definition) is 9. The number of nitrogens with one attached hydrogen (secondary N) is 1. The van der Waals surface area contributed by atoms with Gasteiger partial charge in [0, 0.05) is 10.7 Å². The number of aliphatic hydroxyl groups is 3. The highest BCUT2D eigenvalue weighted by atomic mass is 32.2. The fraction of sp³-hybridized carbons (Fsp3) is 0.944. The van der Waals surface area contributed by atoms with E-state index in [1.54, 1.807) is 0 Å². The second-order valence-corrected chi connectivity index (χ2v) is 10.2. The van der Waals surface area contributed by atoms with Crippen molar-refractivity contribution < 1.29 is 47.8 Å². The maximum absolute atomic E-state index is 13.2. The Kier molecular flexibility index (Phi) is 8.16. The van der Waals surface area contributed by atoms with Gasteiger partial charge in [0.1, 0.15) is 29.9 Å². The summed E-state index contributed by atoms with van der Waals surface area (Å²) in [6.07, 6.45) is -4.40. The molecule has 0 radical (unpaired) electrons. The molecule has 2 heterocycles. The third-order valence-electron chi connectivity index (χ3n) is 5.64. The van der Waals surface area contributed by atoms with Crippen LogP contribution in [-0.2, 0) is 18.6 Å². The number of phosphoric acid groups is 1. The van der Waals surface area contributed by atoms with Crippen molar-refractivity contribution in [3.8, 4) is 0 Å². The number of aliphatic hydroxyl groups excluding tert-OH is 3. The van der Waals surface area contributed by atoms with Crippen LogP contribution >= 0.6 is 19.6 Å². The van der Waals surface area contributed by atoms with Crippen LogP contribution in [-0.4, -0.2) is 104 Å². The molecule has 13 heteroatoms. The first kappa shape index (κ1) is 22.5. The quantitative estimate of drug-likeness (QED) is 0.226. The summed E-state index contributed by atoms with van der Waals surface area (Å²) in [4.78, 5) is 32.5. The molecule has 2 aliphatic heterocycles. The van der Waals surface area contributed by atoms with Gasteiger partial charge in [0.2, 0.25) is 5.91 Å². The van der Waals surface area contributed by atoms with Gasteiger partial charge in [0.05, 0.1) is 18.2 Å². The first-order valence-electron chi connectivity index (χ1n) is 11.6. The predicted octanol–water partition coefficient (Wildman–Crippen LogP) is -0.740. The van der Waals surface area contributed by atoms with Crippen molar-refractivity contribution in [2.75, 3.05) is 19.8 Å². The summed E-state index contributed by atoms with van der Waals surface area (Å²) in [7, 11) is -5.03. The number of rotatable bonds is 9. The third-order valence-corrected chi connectivity index (χ3v) is 7.01.